The van der Waals surface area contributed by atoms with Gasteiger partial charge in [-0.1, -0.05) is 24.3 Å². The fourth-order valence-electron chi connectivity index (χ4n) is 2.68. The first kappa shape index (κ1) is 18.6. The van der Waals surface area contributed by atoms with Crippen molar-refractivity contribution in [2.24, 2.45) is 5.73 Å². The van der Waals surface area contributed by atoms with E-state index >= 15 is 0 Å². The zero-order valence-corrected chi connectivity index (χ0v) is 14.1. The largest absolute Gasteiger partial charge is 0.368 e. The van der Waals surface area contributed by atoms with Crippen LogP contribution < -0.4 is 11.1 Å². The molecule has 0 fully saturated rings. The van der Waals surface area contributed by atoms with Crippen molar-refractivity contribution in [3.05, 3.63) is 70.3 Å². The average Bonchev–Trinajstić information content (AvgIpc) is 2.52. The van der Waals surface area contributed by atoms with Gasteiger partial charge in [0.2, 0.25) is 11.8 Å². The van der Waals surface area contributed by atoms with Crippen LogP contribution >= 0.6 is 0 Å². The quantitative estimate of drug-likeness (QED) is 0.843. The molecule has 2 amide bonds. The minimum Gasteiger partial charge on any atom is -0.368 e. The molecule has 0 aliphatic rings. The maximum Gasteiger partial charge on any atom is 0.240 e. The number of carbonyl (C=O) groups is 2. The van der Waals surface area contributed by atoms with Crippen LogP contribution in [-0.4, -0.2) is 17.9 Å². The molecule has 0 unspecified atom stereocenters. The van der Waals surface area contributed by atoms with E-state index in [9.17, 15) is 18.4 Å². The summed E-state index contributed by atoms with van der Waals surface area (Å²) in [5.41, 5.74) is 8.36. The highest BCUT2D eigenvalue weighted by molar-refractivity contribution is 5.87. The number of amides is 2. The van der Waals surface area contributed by atoms with E-state index in [0.29, 0.717) is 6.07 Å². The second kappa shape index (κ2) is 7.88. The van der Waals surface area contributed by atoms with Crippen molar-refractivity contribution in [1.29, 1.82) is 0 Å². The molecule has 6 heteroatoms. The molecule has 0 spiro atoms. The number of primary amides is 1. The van der Waals surface area contributed by atoms with Gasteiger partial charge in [0.15, 0.2) is 0 Å². The SMILES string of the molecule is Cc1cccc(C)c1C[C@@H](NC(=O)Cc1ccc(F)cc1F)C(N)=O. The van der Waals surface area contributed by atoms with E-state index in [1.54, 1.807) is 0 Å². The fraction of sp³-hybridized carbons (Fsp3) is 0.263. The molecule has 0 radical (unpaired) electrons. The highest BCUT2D eigenvalue weighted by Crippen LogP contribution is 2.16. The normalized spacial score (nSPS) is 11.8. The van der Waals surface area contributed by atoms with Gasteiger partial charge >= 0.3 is 0 Å². The summed E-state index contributed by atoms with van der Waals surface area (Å²) in [7, 11) is 0. The van der Waals surface area contributed by atoms with Crippen molar-refractivity contribution in [2.75, 3.05) is 0 Å². The lowest BCUT2D eigenvalue weighted by atomic mass is 9.96. The summed E-state index contributed by atoms with van der Waals surface area (Å²) in [5.74, 6) is -2.75. The Morgan fingerprint density at radius 3 is 2.32 bits per heavy atom. The van der Waals surface area contributed by atoms with Crippen LogP contribution in [0.25, 0.3) is 0 Å². The molecule has 0 saturated carbocycles. The lowest BCUT2D eigenvalue weighted by molar-refractivity contribution is -0.127. The smallest absolute Gasteiger partial charge is 0.240 e. The van der Waals surface area contributed by atoms with Crippen LogP contribution in [0, 0.1) is 25.5 Å². The third-order valence-electron chi connectivity index (χ3n) is 4.10. The van der Waals surface area contributed by atoms with E-state index in [4.69, 9.17) is 5.73 Å². The summed E-state index contributed by atoms with van der Waals surface area (Å²) in [6.07, 6.45) is -0.0475. The van der Waals surface area contributed by atoms with Gasteiger partial charge in [-0.3, -0.25) is 9.59 Å². The number of benzene rings is 2. The Labute approximate surface area is 145 Å². The Bertz CT molecular complexity index is 786. The molecule has 132 valence electrons. The topological polar surface area (TPSA) is 72.2 Å². The molecule has 2 aromatic carbocycles. The molecule has 0 heterocycles. The van der Waals surface area contributed by atoms with Crippen LogP contribution in [-0.2, 0) is 22.4 Å². The summed E-state index contributed by atoms with van der Waals surface area (Å²) in [6.45, 7) is 3.83. The fourth-order valence-corrected chi connectivity index (χ4v) is 2.68. The molecule has 0 saturated heterocycles. The number of carbonyl (C=O) groups excluding carboxylic acids is 2. The van der Waals surface area contributed by atoms with Crippen molar-refractivity contribution in [3.8, 4) is 0 Å². The third-order valence-corrected chi connectivity index (χ3v) is 4.10. The minimum atomic E-state index is -0.907. The van der Waals surface area contributed by atoms with E-state index < -0.39 is 29.5 Å². The Kier molecular flexibility index (Phi) is 5.85. The van der Waals surface area contributed by atoms with Crippen molar-refractivity contribution >= 4 is 11.8 Å². The number of nitrogens with two attached hydrogens (primary N) is 1. The maximum atomic E-state index is 13.6. The second-order valence-electron chi connectivity index (χ2n) is 6.01. The van der Waals surface area contributed by atoms with Gasteiger partial charge in [-0.25, -0.2) is 8.78 Å². The predicted octanol–water partition coefficient (Wildman–Crippen LogP) is 2.34. The zero-order valence-electron chi connectivity index (χ0n) is 14.1. The Hall–Kier alpha value is -2.76. The van der Waals surface area contributed by atoms with Gasteiger partial charge in [-0.05, 0) is 42.2 Å². The Balaban J connectivity index is 2.11. The molecule has 1 atom stereocenters. The van der Waals surface area contributed by atoms with Crippen LogP contribution in [0.2, 0.25) is 0 Å². The number of hydrogen-bond donors (Lipinski definition) is 2. The minimum absolute atomic E-state index is 0.0502. The summed E-state index contributed by atoms with van der Waals surface area (Å²) >= 11 is 0. The van der Waals surface area contributed by atoms with E-state index in [1.165, 1.54) is 6.07 Å². The number of hydrogen-bond acceptors (Lipinski definition) is 2. The lowest BCUT2D eigenvalue weighted by Gasteiger charge is -2.18. The maximum absolute atomic E-state index is 13.6. The monoisotopic (exact) mass is 346 g/mol. The van der Waals surface area contributed by atoms with Crippen molar-refractivity contribution < 1.29 is 18.4 Å². The molecule has 25 heavy (non-hydrogen) atoms. The van der Waals surface area contributed by atoms with Gasteiger partial charge < -0.3 is 11.1 Å². The molecule has 0 aliphatic heterocycles. The molecule has 0 bridgehead atoms. The second-order valence-corrected chi connectivity index (χ2v) is 6.01. The first-order valence-corrected chi connectivity index (χ1v) is 7.85. The standard InChI is InChI=1S/C19H20F2N2O2/c1-11-4-3-5-12(2)15(11)10-17(19(22)25)23-18(24)8-13-6-7-14(20)9-16(13)21/h3-7,9,17H,8,10H2,1-2H3,(H2,22,25)(H,23,24)/t17-/m1/s1. The first-order valence-electron chi connectivity index (χ1n) is 7.85. The average molecular weight is 346 g/mol. The molecule has 3 N–H and O–H groups in total. The van der Waals surface area contributed by atoms with Gasteiger partial charge in [0, 0.05) is 12.5 Å². The van der Waals surface area contributed by atoms with Crippen LogP contribution in [0.4, 0.5) is 8.78 Å². The van der Waals surface area contributed by atoms with E-state index in [2.05, 4.69) is 5.32 Å². The van der Waals surface area contributed by atoms with E-state index in [1.807, 2.05) is 32.0 Å². The van der Waals surface area contributed by atoms with Gasteiger partial charge in [0.1, 0.15) is 17.7 Å². The van der Waals surface area contributed by atoms with E-state index in [0.717, 1.165) is 22.8 Å². The number of halogens is 2. The summed E-state index contributed by atoms with van der Waals surface area (Å²) in [6, 6.07) is 7.82. The van der Waals surface area contributed by atoms with Crippen LogP contribution in [0.1, 0.15) is 22.3 Å². The van der Waals surface area contributed by atoms with Gasteiger partial charge in [0.25, 0.3) is 0 Å². The number of nitrogens with one attached hydrogen (secondary N) is 1. The molecule has 0 aliphatic carbocycles. The molecule has 4 nitrogen and oxygen atoms in total. The first-order chi connectivity index (χ1) is 11.8. The van der Waals surface area contributed by atoms with Gasteiger partial charge in [-0.15, -0.1) is 0 Å². The Morgan fingerprint density at radius 1 is 1.12 bits per heavy atom. The van der Waals surface area contributed by atoms with E-state index in [-0.39, 0.29) is 18.4 Å². The van der Waals surface area contributed by atoms with Crippen molar-refractivity contribution in [2.45, 2.75) is 32.7 Å². The number of rotatable bonds is 6. The van der Waals surface area contributed by atoms with Gasteiger partial charge in [-0.2, -0.15) is 0 Å². The molecular weight excluding hydrogens is 326 g/mol. The Morgan fingerprint density at radius 2 is 1.76 bits per heavy atom. The van der Waals surface area contributed by atoms with Crippen molar-refractivity contribution in [3.63, 3.8) is 0 Å². The molecule has 2 rings (SSSR count). The van der Waals surface area contributed by atoms with Crippen LogP contribution in [0.15, 0.2) is 36.4 Å². The number of aryl methyl sites for hydroxylation is 2. The lowest BCUT2D eigenvalue weighted by Crippen LogP contribution is -2.46. The molecular formula is C19H20F2N2O2. The summed E-state index contributed by atoms with van der Waals surface area (Å²) in [4.78, 5) is 23.9. The van der Waals surface area contributed by atoms with Crippen LogP contribution in [0.5, 0.6) is 0 Å². The highest BCUT2D eigenvalue weighted by Gasteiger charge is 2.21. The molecule has 0 aromatic heterocycles. The van der Waals surface area contributed by atoms with Gasteiger partial charge in [0.05, 0.1) is 6.42 Å². The van der Waals surface area contributed by atoms with Crippen molar-refractivity contribution in [1.82, 2.24) is 5.32 Å². The predicted molar refractivity (Wildman–Crippen MR) is 90.8 cm³/mol. The molecule has 2 aromatic rings. The highest BCUT2D eigenvalue weighted by atomic mass is 19.1. The zero-order chi connectivity index (χ0) is 18.6. The third kappa shape index (κ3) is 4.86. The summed E-state index contributed by atoms with van der Waals surface area (Å²) in [5, 5.41) is 2.54. The van der Waals surface area contributed by atoms with Crippen LogP contribution in [0.3, 0.4) is 0 Å². The summed E-state index contributed by atoms with van der Waals surface area (Å²) < 4.78 is 26.6.